The van der Waals surface area contributed by atoms with Crippen molar-refractivity contribution in [3.63, 3.8) is 0 Å². The fourth-order valence-corrected chi connectivity index (χ4v) is 8.03. The number of fused-ring (bicyclic) bond motifs is 3. The normalized spacial score (nSPS) is 16.9. The van der Waals surface area contributed by atoms with Gasteiger partial charge in [0.25, 0.3) is 0 Å². The smallest absolute Gasteiger partial charge is 0.137 e. The fraction of sp³-hybridized carbons (Fsp3) is 0.378. The van der Waals surface area contributed by atoms with Crippen molar-refractivity contribution in [1.29, 1.82) is 0 Å². The molecule has 2 atom stereocenters. The van der Waals surface area contributed by atoms with Crippen LogP contribution in [0.15, 0.2) is 90.6 Å². The number of aromatic nitrogens is 4. The molecule has 0 saturated carbocycles. The second-order valence-electron chi connectivity index (χ2n) is 16.1. The highest BCUT2D eigenvalue weighted by Gasteiger charge is 2.32. The van der Waals surface area contributed by atoms with E-state index in [9.17, 15) is 0 Å². The van der Waals surface area contributed by atoms with Gasteiger partial charge in [-0.3, -0.25) is 4.57 Å². The Labute approximate surface area is 298 Å². The van der Waals surface area contributed by atoms with Gasteiger partial charge < -0.3 is 4.74 Å². The van der Waals surface area contributed by atoms with Gasteiger partial charge in [0.15, 0.2) is 0 Å². The number of ether oxygens (including phenoxy) is 1. The van der Waals surface area contributed by atoms with Crippen molar-refractivity contribution in [1.82, 2.24) is 19.3 Å². The zero-order chi connectivity index (χ0) is 35.5. The Hall–Kier alpha value is -4.64. The first-order valence-corrected chi connectivity index (χ1v) is 18.4. The first-order valence-electron chi connectivity index (χ1n) is 18.4. The molecule has 1 aliphatic carbocycles. The van der Waals surface area contributed by atoms with Crippen LogP contribution < -0.4 is 4.74 Å². The summed E-state index contributed by atoms with van der Waals surface area (Å²) in [5.41, 5.74) is 10.9. The van der Waals surface area contributed by atoms with E-state index in [2.05, 4.69) is 157 Å². The van der Waals surface area contributed by atoms with Gasteiger partial charge in [-0.1, -0.05) is 85.2 Å². The predicted octanol–water partition coefficient (Wildman–Crippen LogP) is 12.5. The van der Waals surface area contributed by atoms with Crippen LogP contribution in [0.3, 0.4) is 0 Å². The second-order valence-corrected chi connectivity index (χ2v) is 16.1. The number of aryl methyl sites for hydroxylation is 1. The molecule has 0 N–H and O–H groups in total. The topological polar surface area (TPSA) is 44.9 Å². The average Bonchev–Trinajstić information content (AvgIpc) is 3.59. The van der Waals surface area contributed by atoms with E-state index in [-0.39, 0.29) is 5.41 Å². The Balaban J connectivity index is 1.37. The molecule has 1 aliphatic rings. The summed E-state index contributed by atoms with van der Waals surface area (Å²) < 4.78 is 11.3. The highest BCUT2D eigenvalue weighted by atomic mass is 16.5. The van der Waals surface area contributed by atoms with Gasteiger partial charge in [0.05, 0.1) is 28.1 Å². The van der Waals surface area contributed by atoms with Gasteiger partial charge in [-0.05, 0) is 103 Å². The molecule has 50 heavy (non-hydrogen) atoms. The summed E-state index contributed by atoms with van der Waals surface area (Å²) in [5.74, 6) is 4.21. The number of hydrogen-bond donors (Lipinski definition) is 0. The van der Waals surface area contributed by atoms with Crippen molar-refractivity contribution in [2.24, 2.45) is 5.92 Å². The van der Waals surface area contributed by atoms with E-state index >= 15 is 0 Å². The molecule has 5 nitrogen and oxygen atoms in total. The van der Waals surface area contributed by atoms with Gasteiger partial charge in [-0.2, -0.15) is 5.10 Å². The average molecular weight is 665 g/mol. The summed E-state index contributed by atoms with van der Waals surface area (Å²) in [6, 6.07) is 26.0. The van der Waals surface area contributed by atoms with Crippen LogP contribution in [0.2, 0.25) is 0 Å². The van der Waals surface area contributed by atoms with Crippen LogP contribution in [0.1, 0.15) is 121 Å². The van der Waals surface area contributed by atoms with Gasteiger partial charge in [-0.25, -0.2) is 9.67 Å². The fourth-order valence-electron chi connectivity index (χ4n) is 8.03. The van der Waals surface area contributed by atoms with Crippen molar-refractivity contribution in [3.05, 3.63) is 119 Å². The van der Waals surface area contributed by atoms with E-state index in [1.807, 2.05) is 6.20 Å². The molecule has 0 fully saturated rings. The van der Waals surface area contributed by atoms with Crippen LogP contribution in [-0.4, -0.2) is 19.3 Å². The van der Waals surface area contributed by atoms with Gasteiger partial charge >= 0.3 is 0 Å². The third kappa shape index (κ3) is 6.05. The van der Waals surface area contributed by atoms with E-state index in [0.717, 1.165) is 46.2 Å². The minimum atomic E-state index is -0.0855. The highest BCUT2D eigenvalue weighted by Crippen LogP contribution is 2.44. The van der Waals surface area contributed by atoms with Crippen LogP contribution in [0.25, 0.3) is 33.3 Å². The predicted molar refractivity (Wildman–Crippen MR) is 209 cm³/mol. The van der Waals surface area contributed by atoms with E-state index in [1.54, 1.807) is 0 Å². The molecule has 0 radical (unpaired) electrons. The van der Waals surface area contributed by atoms with Crippen molar-refractivity contribution < 1.29 is 4.74 Å². The first kappa shape index (κ1) is 33.8. The van der Waals surface area contributed by atoms with Crippen LogP contribution in [0, 0.1) is 12.8 Å². The molecule has 258 valence electrons. The van der Waals surface area contributed by atoms with E-state index < -0.39 is 0 Å². The molecule has 1 unspecified atom stereocenters. The lowest BCUT2D eigenvalue weighted by molar-refractivity contribution is 0.445. The number of rotatable bonds is 7. The zero-order valence-electron chi connectivity index (χ0n) is 31.5. The van der Waals surface area contributed by atoms with E-state index in [0.29, 0.717) is 23.7 Å². The number of para-hydroxylation sites is 1. The Morgan fingerprint density at radius 2 is 1.58 bits per heavy atom. The van der Waals surface area contributed by atoms with Crippen molar-refractivity contribution in [2.45, 2.75) is 105 Å². The highest BCUT2D eigenvalue weighted by molar-refractivity contribution is 6.09. The maximum atomic E-state index is 6.84. The maximum Gasteiger partial charge on any atom is 0.137 e. The Bertz CT molecular complexity index is 2240. The quantitative estimate of drug-likeness (QED) is 0.160. The molecule has 6 aromatic rings. The molecular formula is C45H52N4O. The first-order chi connectivity index (χ1) is 23.8. The molecule has 7 rings (SSSR count). The lowest BCUT2D eigenvalue weighted by Gasteiger charge is -2.30. The third-order valence-electron chi connectivity index (χ3n) is 10.7. The van der Waals surface area contributed by atoms with Crippen LogP contribution in [0.5, 0.6) is 11.5 Å². The summed E-state index contributed by atoms with van der Waals surface area (Å²) >= 11 is 0. The van der Waals surface area contributed by atoms with Crippen LogP contribution >= 0.6 is 0 Å². The minimum Gasteiger partial charge on any atom is -0.457 e. The summed E-state index contributed by atoms with van der Waals surface area (Å²) in [5, 5.41) is 7.65. The number of hydrogen-bond acceptors (Lipinski definition) is 3. The number of nitrogens with zero attached hydrogens (tertiary/aromatic N) is 4. The van der Waals surface area contributed by atoms with Gasteiger partial charge in [0.1, 0.15) is 17.3 Å². The SMILES string of the molecule is CC1=CCC[C@H](C)C1c1c(C)nn(-c2cc(Oc3ccc4c5ccccc5n(-c5cc(C(C)C)ccn5)c4c3)cc(C(C)(C)C)c2)c1C(C)C. The Morgan fingerprint density at radius 3 is 2.30 bits per heavy atom. The maximum absolute atomic E-state index is 6.84. The molecule has 0 saturated heterocycles. The zero-order valence-corrected chi connectivity index (χ0v) is 31.5. The molecule has 5 heteroatoms. The monoisotopic (exact) mass is 664 g/mol. The summed E-state index contributed by atoms with van der Waals surface area (Å²) in [6.07, 6.45) is 6.73. The van der Waals surface area contributed by atoms with Gasteiger partial charge in [-0.15, -0.1) is 0 Å². The van der Waals surface area contributed by atoms with E-state index in [1.165, 1.54) is 45.2 Å². The Kier molecular flexibility index (Phi) is 8.74. The molecule has 0 aliphatic heterocycles. The second kappa shape index (κ2) is 12.9. The molecule has 0 amide bonds. The lowest BCUT2D eigenvalue weighted by Crippen LogP contribution is -2.18. The van der Waals surface area contributed by atoms with Crippen molar-refractivity contribution >= 4 is 21.8 Å². The summed E-state index contributed by atoms with van der Waals surface area (Å²) in [6.45, 7) is 22.7. The number of allylic oxidation sites excluding steroid dienone is 2. The third-order valence-corrected chi connectivity index (χ3v) is 10.7. The molecule has 0 spiro atoms. The van der Waals surface area contributed by atoms with Crippen molar-refractivity contribution in [2.75, 3.05) is 0 Å². The Morgan fingerprint density at radius 1 is 0.820 bits per heavy atom. The number of pyridine rings is 1. The van der Waals surface area contributed by atoms with Gasteiger partial charge in [0.2, 0.25) is 0 Å². The van der Waals surface area contributed by atoms with Crippen molar-refractivity contribution in [3.8, 4) is 23.0 Å². The molecule has 0 bridgehead atoms. The van der Waals surface area contributed by atoms with Gasteiger partial charge in [0, 0.05) is 40.6 Å². The standard InChI is InChI=1S/C45H52N4O/c1-27(2)32-20-21-46-41(22-32)48-39-17-12-11-16-37(39)38-19-18-35(26-40(38)48)50-36-24-33(45(8,9)10)23-34(25-36)49-44(28(3)4)43(31(7)47-49)42-29(5)14-13-15-30(42)6/h11-12,14,16-28,30,42H,13,15H2,1-10H3/t30-,42?/m0/s1. The lowest BCUT2D eigenvalue weighted by atomic mass is 9.74. The molecular weight excluding hydrogens is 613 g/mol. The number of benzene rings is 3. The summed E-state index contributed by atoms with van der Waals surface area (Å²) in [4.78, 5) is 4.85. The minimum absolute atomic E-state index is 0.0855. The summed E-state index contributed by atoms with van der Waals surface area (Å²) in [7, 11) is 0. The molecule has 3 aromatic heterocycles. The molecule has 3 heterocycles. The largest absolute Gasteiger partial charge is 0.457 e. The van der Waals surface area contributed by atoms with E-state index in [4.69, 9.17) is 14.8 Å². The molecule has 3 aromatic carbocycles. The van der Waals surface area contributed by atoms with Crippen LogP contribution in [-0.2, 0) is 5.41 Å². The van der Waals surface area contributed by atoms with Crippen LogP contribution in [0.4, 0.5) is 0 Å².